The number of aromatic amines is 1. The summed E-state index contributed by atoms with van der Waals surface area (Å²) in [7, 11) is 1.53. The molecule has 0 spiro atoms. The van der Waals surface area contributed by atoms with Gasteiger partial charge in [-0.2, -0.15) is 10.1 Å². The molecule has 0 aromatic carbocycles. The molecule has 3 aromatic rings. The van der Waals surface area contributed by atoms with Gasteiger partial charge in [-0.05, 0) is 25.0 Å². The molecular weight excluding hydrogens is 362 g/mol. The van der Waals surface area contributed by atoms with Crippen molar-refractivity contribution in [1.29, 1.82) is 0 Å². The largest absolute Gasteiger partial charge is 0.481 e. The lowest BCUT2D eigenvalue weighted by molar-refractivity contribution is 0.398. The minimum Gasteiger partial charge on any atom is -0.481 e. The Morgan fingerprint density at radius 1 is 1.32 bits per heavy atom. The number of anilines is 2. The molecular formula is C15H15N5O3S2. The maximum Gasteiger partial charge on any atom is 0.218 e. The molecule has 1 fully saturated rings. The first kappa shape index (κ1) is 16.2. The highest BCUT2D eigenvalue weighted by atomic mass is 32.2. The monoisotopic (exact) mass is 377 g/mol. The van der Waals surface area contributed by atoms with E-state index < -0.39 is 11.1 Å². The summed E-state index contributed by atoms with van der Waals surface area (Å²) in [6.07, 6.45) is 2.39. The van der Waals surface area contributed by atoms with Crippen LogP contribution in [0, 0.1) is 0 Å². The van der Waals surface area contributed by atoms with Crippen LogP contribution in [0.25, 0.3) is 10.7 Å². The lowest BCUT2D eigenvalue weighted by Crippen LogP contribution is -1.99. The van der Waals surface area contributed by atoms with Crippen LogP contribution in [0.3, 0.4) is 0 Å². The summed E-state index contributed by atoms with van der Waals surface area (Å²) < 4.78 is 25.9. The summed E-state index contributed by atoms with van der Waals surface area (Å²) >= 11 is -0.856. The summed E-state index contributed by atoms with van der Waals surface area (Å²) in [5, 5.41) is 10.4. The second-order valence-electron chi connectivity index (χ2n) is 5.59. The van der Waals surface area contributed by atoms with Gasteiger partial charge < -0.3 is 14.6 Å². The van der Waals surface area contributed by atoms with E-state index in [1.807, 2.05) is 6.07 Å². The van der Waals surface area contributed by atoms with Gasteiger partial charge in [-0.25, -0.2) is 9.19 Å². The van der Waals surface area contributed by atoms with Gasteiger partial charge in [-0.3, -0.25) is 5.10 Å². The number of H-pyrrole nitrogens is 1. The van der Waals surface area contributed by atoms with Gasteiger partial charge in [0.15, 0.2) is 22.7 Å². The zero-order valence-electron chi connectivity index (χ0n) is 13.2. The Bertz CT molecular complexity index is 935. The fraction of sp³-hybridized carbons (Fsp3) is 0.267. The van der Waals surface area contributed by atoms with E-state index in [9.17, 15) is 8.76 Å². The van der Waals surface area contributed by atoms with E-state index in [4.69, 9.17) is 4.74 Å². The van der Waals surface area contributed by atoms with Gasteiger partial charge in [0, 0.05) is 23.7 Å². The van der Waals surface area contributed by atoms with E-state index in [1.54, 1.807) is 18.2 Å². The number of thiophene rings is 1. The van der Waals surface area contributed by atoms with Crippen LogP contribution in [0.15, 0.2) is 28.5 Å². The van der Waals surface area contributed by atoms with Crippen molar-refractivity contribution in [2.24, 2.45) is 0 Å². The van der Waals surface area contributed by atoms with Crippen LogP contribution in [0.2, 0.25) is 0 Å². The Hall–Kier alpha value is -2.30. The van der Waals surface area contributed by atoms with Gasteiger partial charge >= 0.3 is 0 Å². The third kappa shape index (κ3) is 3.55. The van der Waals surface area contributed by atoms with Crippen molar-refractivity contribution in [2.75, 3.05) is 12.4 Å². The number of hydrogen-bond acceptors (Lipinski definition) is 7. The molecule has 3 N–H and O–H groups in total. The van der Waals surface area contributed by atoms with Gasteiger partial charge in [0.2, 0.25) is 5.88 Å². The Morgan fingerprint density at radius 3 is 2.84 bits per heavy atom. The molecule has 1 saturated carbocycles. The first-order valence-electron chi connectivity index (χ1n) is 7.59. The Balaban J connectivity index is 1.63. The van der Waals surface area contributed by atoms with Gasteiger partial charge in [0.1, 0.15) is 10.0 Å². The lowest BCUT2D eigenvalue weighted by atomic mass is 10.3. The summed E-state index contributed by atoms with van der Waals surface area (Å²) in [5.74, 6) is 2.61. The number of nitrogens with one attached hydrogen (secondary N) is 2. The first-order valence-corrected chi connectivity index (χ1v) is 9.51. The first-order chi connectivity index (χ1) is 12.1. The number of rotatable bonds is 6. The van der Waals surface area contributed by atoms with E-state index >= 15 is 0 Å². The number of ether oxygens (including phenoxy) is 1. The highest BCUT2D eigenvalue weighted by Gasteiger charge is 2.25. The molecule has 10 heteroatoms. The van der Waals surface area contributed by atoms with Gasteiger partial charge in [0.05, 0.1) is 12.0 Å². The van der Waals surface area contributed by atoms with Crippen molar-refractivity contribution in [2.45, 2.75) is 23.0 Å². The van der Waals surface area contributed by atoms with Crippen LogP contribution in [0.4, 0.5) is 11.6 Å². The highest BCUT2D eigenvalue weighted by Crippen LogP contribution is 2.39. The normalized spacial score (nSPS) is 15.1. The van der Waals surface area contributed by atoms with Crippen LogP contribution in [-0.2, 0) is 11.1 Å². The van der Waals surface area contributed by atoms with Crippen molar-refractivity contribution >= 4 is 34.1 Å². The summed E-state index contributed by atoms with van der Waals surface area (Å²) in [6, 6.07) is 6.95. The fourth-order valence-electron chi connectivity index (χ4n) is 2.37. The molecule has 0 amide bonds. The van der Waals surface area contributed by atoms with Gasteiger partial charge in [0.25, 0.3) is 0 Å². The average molecular weight is 377 g/mol. The molecule has 3 heterocycles. The van der Waals surface area contributed by atoms with E-state index in [-0.39, 0.29) is 0 Å². The third-order valence-corrected chi connectivity index (χ3v) is 5.79. The smallest absolute Gasteiger partial charge is 0.218 e. The molecule has 0 saturated heterocycles. The zero-order chi connectivity index (χ0) is 17.4. The molecule has 8 nitrogen and oxygen atoms in total. The van der Waals surface area contributed by atoms with Crippen LogP contribution >= 0.6 is 11.3 Å². The summed E-state index contributed by atoms with van der Waals surface area (Å²) in [5.41, 5.74) is 1.12. The van der Waals surface area contributed by atoms with Crippen LogP contribution in [0.1, 0.15) is 24.5 Å². The predicted octanol–water partition coefficient (Wildman–Crippen LogP) is 3.14. The van der Waals surface area contributed by atoms with E-state index in [0.717, 1.165) is 17.0 Å². The number of aromatic nitrogens is 4. The molecule has 1 aliphatic carbocycles. The maximum atomic E-state index is 11.2. The third-order valence-electron chi connectivity index (χ3n) is 3.76. The maximum absolute atomic E-state index is 11.2. The Morgan fingerprint density at radius 2 is 2.16 bits per heavy atom. The standard InChI is InChI=1S/C15H15N5O3S2/c1-23-13-7-11(16-12-6-9(19-20-12)8-2-3-8)17-15(18-13)10-4-5-14(24-10)25(21)22/h4-8H,2-3H2,1H3,(H,21,22)(H2,16,17,18,19,20). The molecule has 130 valence electrons. The Labute approximate surface area is 150 Å². The second-order valence-corrected chi connectivity index (χ2v) is 7.88. The highest BCUT2D eigenvalue weighted by molar-refractivity contribution is 7.81. The minimum atomic E-state index is -2.02. The van der Waals surface area contributed by atoms with E-state index in [0.29, 0.717) is 38.3 Å². The molecule has 0 aliphatic heterocycles. The fourth-order valence-corrected chi connectivity index (χ4v) is 3.78. The second kappa shape index (κ2) is 6.54. The Kier molecular flexibility index (Phi) is 4.24. The number of hydrogen-bond donors (Lipinski definition) is 3. The van der Waals surface area contributed by atoms with Crippen molar-refractivity contribution in [1.82, 2.24) is 20.2 Å². The number of nitrogens with zero attached hydrogens (tertiary/aromatic N) is 3. The molecule has 25 heavy (non-hydrogen) atoms. The van der Waals surface area contributed by atoms with Crippen LogP contribution in [0.5, 0.6) is 5.88 Å². The molecule has 4 rings (SSSR count). The molecule has 0 bridgehead atoms. The minimum absolute atomic E-state index is 0.345. The van der Waals surface area contributed by atoms with Crippen molar-refractivity contribution in [3.05, 3.63) is 30.0 Å². The van der Waals surface area contributed by atoms with Crippen molar-refractivity contribution in [3.63, 3.8) is 0 Å². The molecule has 0 radical (unpaired) electrons. The zero-order valence-corrected chi connectivity index (χ0v) is 14.9. The van der Waals surface area contributed by atoms with E-state index in [2.05, 4.69) is 25.5 Å². The van der Waals surface area contributed by atoms with Gasteiger partial charge in [-0.15, -0.1) is 11.3 Å². The SMILES string of the molecule is COc1cc(Nc2cc(C3CC3)[nH]n2)nc(-c2ccc(S(=O)O)s2)n1. The summed E-state index contributed by atoms with van der Waals surface area (Å²) in [4.78, 5) is 9.45. The van der Waals surface area contributed by atoms with Crippen LogP contribution in [-0.4, -0.2) is 36.0 Å². The summed E-state index contributed by atoms with van der Waals surface area (Å²) in [6.45, 7) is 0. The van der Waals surface area contributed by atoms with Crippen molar-refractivity contribution in [3.8, 4) is 16.6 Å². The van der Waals surface area contributed by atoms with E-state index in [1.165, 1.54) is 20.0 Å². The van der Waals surface area contributed by atoms with Crippen LogP contribution < -0.4 is 10.1 Å². The lowest BCUT2D eigenvalue weighted by Gasteiger charge is -2.06. The molecule has 1 atom stereocenters. The molecule has 1 aliphatic rings. The quantitative estimate of drug-likeness (QED) is 0.566. The number of methoxy groups -OCH3 is 1. The topological polar surface area (TPSA) is 113 Å². The molecule has 3 aromatic heterocycles. The predicted molar refractivity (Wildman–Crippen MR) is 94.8 cm³/mol. The van der Waals surface area contributed by atoms with Crippen molar-refractivity contribution < 1.29 is 13.5 Å². The average Bonchev–Trinajstić information content (AvgIpc) is 3.15. The van der Waals surface area contributed by atoms with Gasteiger partial charge in [-0.1, -0.05) is 0 Å². The molecule has 1 unspecified atom stereocenters.